The van der Waals surface area contributed by atoms with Crippen molar-refractivity contribution in [3.63, 3.8) is 0 Å². The zero-order chi connectivity index (χ0) is 27.4. The van der Waals surface area contributed by atoms with Crippen molar-refractivity contribution in [2.75, 3.05) is 18.2 Å². The molecule has 0 radical (unpaired) electrons. The Morgan fingerprint density at radius 3 is 2.55 bits per heavy atom. The summed E-state index contributed by atoms with van der Waals surface area (Å²) < 4.78 is 12.9. The van der Waals surface area contributed by atoms with Crippen molar-refractivity contribution in [1.29, 1.82) is 0 Å². The van der Waals surface area contributed by atoms with Crippen LogP contribution in [0.4, 0.5) is 5.00 Å². The number of ether oxygens (including phenoxy) is 2. The Balaban J connectivity index is 1.42. The van der Waals surface area contributed by atoms with Crippen LogP contribution in [0.2, 0.25) is 5.02 Å². The molecule has 2 aromatic carbocycles. The molecule has 0 aliphatic heterocycles. The van der Waals surface area contributed by atoms with Crippen molar-refractivity contribution >= 4 is 51.6 Å². The van der Waals surface area contributed by atoms with Gasteiger partial charge in [0.15, 0.2) is 17.1 Å². The number of benzene rings is 2. The number of esters is 1. The maximum atomic E-state index is 12.8. The first-order valence-electron chi connectivity index (χ1n) is 11.7. The summed E-state index contributed by atoms with van der Waals surface area (Å²) in [5, 5.41) is 14.7. The fourth-order valence-electron chi connectivity index (χ4n) is 3.74. The van der Waals surface area contributed by atoms with E-state index >= 15 is 0 Å². The number of nitrogens with one attached hydrogen (secondary N) is 1. The Bertz CT molecular complexity index is 1470. The molecule has 0 bridgehead atoms. The van der Waals surface area contributed by atoms with Gasteiger partial charge in [-0.3, -0.25) is 4.79 Å². The van der Waals surface area contributed by atoms with Crippen LogP contribution in [0.1, 0.15) is 40.3 Å². The molecule has 0 saturated carbocycles. The molecule has 0 spiro atoms. The van der Waals surface area contributed by atoms with Gasteiger partial charge in [-0.1, -0.05) is 41.6 Å². The molecule has 8 nitrogen and oxygen atoms in total. The monoisotopic (exact) mass is 570 g/mol. The number of thiophene rings is 1. The quantitative estimate of drug-likeness (QED) is 0.182. The minimum atomic E-state index is -0.533. The third-order valence-electron chi connectivity index (χ3n) is 5.94. The first-order valence-corrected chi connectivity index (χ1v) is 13.9. The highest BCUT2D eigenvalue weighted by molar-refractivity contribution is 7.99. The predicted octanol–water partition coefficient (Wildman–Crippen LogP) is 6.47. The molecule has 2 aromatic heterocycles. The number of amides is 1. The van der Waals surface area contributed by atoms with E-state index in [1.807, 2.05) is 61.2 Å². The van der Waals surface area contributed by atoms with Crippen LogP contribution in [-0.2, 0) is 16.6 Å². The number of thioether (sulfide) groups is 1. The zero-order valence-electron chi connectivity index (χ0n) is 21.6. The summed E-state index contributed by atoms with van der Waals surface area (Å²) in [5.41, 5.74) is 4.11. The van der Waals surface area contributed by atoms with E-state index in [2.05, 4.69) is 22.4 Å². The standard InChI is InChI=1S/C27H27ClN4O4S2/c1-15-6-11-20(12-16(15)2)36-17(3)24-30-31-27(32(24)4)38-14-22(33)29-25-23(26(34)35-5)21(13-37-25)18-7-9-19(28)10-8-18/h6-13,17H,14H2,1-5H3,(H,29,33). The number of methoxy groups -OCH3 is 1. The smallest absolute Gasteiger partial charge is 0.341 e. The summed E-state index contributed by atoms with van der Waals surface area (Å²) in [6.07, 6.45) is -0.335. The van der Waals surface area contributed by atoms with Gasteiger partial charge in [-0.05, 0) is 61.7 Å². The first-order chi connectivity index (χ1) is 18.2. The Kier molecular flexibility index (Phi) is 8.76. The van der Waals surface area contributed by atoms with Gasteiger partial charge >= 0.3 is 5.97 Å². The molecule has 0 saturated heterocycles. The Labute approximate surface area is 234 Å². The molecule has 0 aliphatic carbocycles. The lowest BCUT2D eigenvalue weighted by Crippen LogP contribution is -2.16. The second-order valence-electron chi connectivity index (χ2n) is 8.59. The Hall–Kier alpha value is -3.34. The van der Waals surface area contributed by atoms with E-state index in [0.29, 0.717) is 32.1 Å². The van der Waals surface area contributed by atoms with Crippen LogP contribution in [0.15, 0.2) is 53.0 Å². The number of hydrogen-bond acceptors (Lipinski definition) is 8. The van der Waals surface area contributed by atoms with Crippen LogP contribution in [0.5, 0.6) is 5.75 Å². The molecule has 4 aromatic rings. The molecule has 0 aliphatic rings. The summed E-state index contributed by atoms with van der Waals surface area (Å²) in [5.74, 6) is 0.661. The van der Waals surface area contributed by atoms with Gasteiger partial charge in [-0.15, -0.1) is 21.5 Å². The van der Waals surface area contributed by atoms with Gasteiger partial charge in [0.25, 0.3) is 0 Å². The minimum absolute atomic E-state index is 0.0765. The summed E-state index contributed by atoms with van der Waals surface area (Å²) in [4.78, 5) is 25.4. The fraction of sp³-hybridized carbons (Fsp3) is 0.259. The van der Waals surface area contributed by atoms with Crippen molar-refractivity contribution in [2.24, 2.45) is 7.05 Å². The van der Waals surface area contributed by atoms with E-state index in [1.54, 1.807) is 12.1 Å². The molecule has 1 atom stereocenters. The van der Waals surface area contributed by atoms with E-state index in [-0.39, 0.29) is 17.8 Å². The molecule has 4 rings (SSSR count). The van der Waals surface area contributed by atoms with E-state index < -0.39 is 5.97 Å². The Morgan fingerprint density at radius 2 is 1.87 bits per heavy atom. The largest absolute Gasteiger partial charge is 0.483 e. The molecule has 11 heteroatoms. The van der Waals surface area contributed by atoms with E-state index in [1.165, 1.54) is 35.8 Å². The maximum absolute atomic E-state index is 12.8. The van der Waals surface area contributed by atoms with Gasteiger partial charge in [-0.25, -0.2) is 4.79 Å². The average molecular weight is 571 g/mol. The summed E-state index contributed by atoms with van der Waals surface area (Å²) >= 11 is 8.50. The first kappa shape index (κ1) is 27.7. The third kappa shape index (κ3) is 6.20. The number of carbonyl (C=O) groups is 2. The van der Waals surface area contributed by atoms with Crippen molar-refractivity contribution < 1.29 is 19.1 Å². The molecular weight excluding hydrogens is 544 g/mol. The van der Waals surface area contributed by atoms with Crippen molar-refractivity contribution in [3.05, 3.63) is 75.4 Å². The molecule has 1 N–H and O–H groups in total. The highest BCUT2D eigenvalue weighted by Crippen LogP contribution is 2.37. The molecular formula is C27H27ClN4O4S2. The molecule has 198 valence electrons. The van der Waals surface area contributed by atoms with Crippen molar-refractivity contribution in [1.82, 2.24) is 14.8 Å². The van der Waals surface area contributed by atoms with E-state index in [9.17, 15) is 9.59 Å². The lowest BCUT2D eigenvalue weighted by atomic mass is 10.0. The topological polar surface area (TPSA) is 95.3 Å². The normalized spacial score (nSPS) is 11.7. The van der Waals surface area contributed by atoms with Gasteiger partial charge < -0.3 is 19.4 Å². The molecule has 2 heterocycles. The highest BCUT2D eigenvalue weighted by Gasteiger charge is 2.23. The number of aromatic nitrogens is 3. The summed E-state index contributed by atoms with van der Waals surface area (Å²) in [6, 6.07) is 13.1. The van der Waals surface area contributed by atoms with Crippen LogP contribution in [-0.4, -0.2) is 39.5 Å². The van der Waals surface area contributed by atoms with Gasteiger partial charge in [0.2, 0.25) is 5.91 Å². The second kappa shape index (κ2) is 12.0. The average Bonchev–Trinajstić information content (AvgIpc) is 3.48. The zero-order valence-corrected chi connectivity index (χ0v) is 24.0. The molecule has 1 unspecified atom stereocenters. The number of carbonyl (C=O) groups excluding carboxylic acids is 2. The number of hydrogen-bond donors (Lipinski definition) is 1. The minimum Gasteiger partial charge on any atom is -0.483 e. The molecule has 0 fully saturated rings. The number of rotatable bonds is 9. The van der Waals surface area contributed by atoms with Crippen LogP contribution >= 0.6 is 34.7 Å². The van der Waals surface area contributed by atoms with E-state index in [0.717, 1.165) is 16.9 Å². The van der Waals surface area contributed by atoms with Gasteiger partial charge in [-0.2, -0.15) is 0 Å². The van der Waals surface area contributed by atoms with Gasteiger partial charge in [0.05, 0.1) is 12.9 Å². The summed E-state index contributed by atoms with van der Waals surface area (Å²) in [7, 11) is 3.15. The predicted molar refractivity (Wildman–Crippen MR) is 151 cm³/mol. The van der Waals surface area contributed by atoms with Crippen molar-refractivity contribution in [2.45, 2.75) is 32.0 Å². The second-order valence-corrected chi connectivity index (χ2v) is 10.9. The Morgan fingerprint density at radius 1 is 1.13 bits per heavy atom. The molecule has 38 heavy (non-hydrogen) atoms. The number of anilines is 1. The van der Waals surface area contributed by atoms with Crippen LogP contribution < -0.4 is 10.1 Å². The molecule has 1 amide bonds. The third-order valence-corrected chi connectivity index (χ3v) is 8.11. The van der Waals surface area contributed by atoms with Crippen LogP contribution in [0.3, 0.4) is 0 Å². The van der Waals surface area contributed by atoms with Crippen LogP contribution in [0.25, 0.3) is 11.1 Å². The number of halogens is 1. The van der Waals surface area contributed by atoms with Gasteiger partial charge in [0.1, 0.15) is 16.3 Å². The lowest BCUT2D eigenvalue weighted by molar-refractivity contribution is -0.113. The maximum Gasteiger partial charge on any atom is 0.341 e. The SMILES string of the molecule is COC(=O)c1c(-c2ccc(Cl)cc2)csc1NC(=O)CSc1nnc(C(C)Oc2ccc(C)c(C)c2)n1C. The van der Waals surface area contributed by atoms with E-state index in [4.69, 9.17) is 21.1 Å². The highest BCUT2D eigenvalue weighted by atomic mass is 35.5. The van der Waals surface area contributed by atoms with Crippen LogP contribution in [0, 0.1) is 13.8 Å². The fourth-order valence-corrected chi connectivity index (χ4v) is 5.56. The van der Waals surface area contributed by atoms with Crippen molar-refractivity contribution in [3.8, 4) is 16.9 Å². The lowest BCUT2D eigenvalue weighted by Gasteiger charge is -2.15. The van der Waals surface area contributed by atoms with Gasteiger partial charge in [0, 0.05) is 23.0 Å². The number of aryl methyl sites for hydroxylation is 2. The number of nitrogens with zero attached hydrogens (tertiary/aromatic N) is 3. The summed E-state index contributed by atoms with van der Waals surface area (Å²) in [6.45, 7) is 6.00.